The highest BCUT2D eigenvalue weighted by atomic mass is 79.9. The van der Waals surface area contributed by atoms with Crippen LogP contribution in [0.25, 0.3) is 0 Å². The van der Waals surface area contributed by atoms with E-state index in [1.165, 1.54) is 0 Å². The average molecular weight is 288 g/mol. The number of rotatable bonds is 5. The van der Waals surface area contributed by atoms with E-state index in [-0.39, 0.29) is 6.04 Å². The molecule has 0 amide bonds. The van der Waals surface area contributed by atoms with Crippen molar-refractivity contribution in [3.8, 4) is 5.75 Å². The molecule has 0 fully saturated rings. The molecule has 1 rings (SSSR count). The monoisotopic (exact) mass is 287 g/mol. The molecule has 0 saturated carbocycles. The fourth-order valence-electron chi connectivity index (χ4n) is 1.31. The summed E-state index contributed by atoms with van der Waals surface area (Å²) in [7, 11) is 0. The Hall–Kier alpha value is -0.580. The molecule has 0 saturated heterocycles. The molecule has 0 aliphatic rings. The number of hydrogen-bond acceptors (Lipinski definition) is 3. The predicted octanol–water partition coefficient (Wildman–Crippen LogP) is 2.62. The number of nitrogens with two attached hydrogens (primary N) is 1. The van der Waals surface area contributed by atoms with Gasteiger partial charge in [0, 0.05) is 16.1 Å². The lowest BCUT2D eigenvalue weighted by Crippen LogP contribution is -2.17. The van der Waals surface area contributed by atoms with Gasteiger partial charge in [-0.05, 0) is 25.5 Å². The summed E-state index contributed by atoms with van der Waals surface area (Å²) in [5.74, 6) is 0.733. The molecule has 3 N–H and O–H groups in total. The third kappa shape index (κ3) is 3.77. The fourth-order valence-corrected chi connectivity index (χ4v) is 1.65. The highest BCUT2D eigenvalue weighted by molar-refractivity contribution is 9.10. The first-order valence-corrected chi connectivity index (χ1v) is 6.19. The number of halogens is 1. The molecule has 1 aromatic carbocycles. The quantitative estimate of drug-likeness (QED) is 0.875. The van der Waals surface area contributed by atoms with Crippen molar-refractivity contribution in [3.63, 3.8) is 0 Å². The maximum Gasteiger partial charge on any atom is 0.125 e. The van der Waals surface area contributed by atoms with Crippen LogP contribution in [-0.2, 0) is 0 Å². The zero-order chi connectivity index (χ0) is 12.1. The third-order valence-corrected chi connectivity index (χ3v) is 2.86. The summed E-state index contributed by atoms with van der Waals surface area (Å²) >= 11 is 3.39. The van der Waals surface area contributed by atoms with Crippen molar-refractivity contribution in [2.24, 2.45) is 5.73 Å². The van der Waals surface area contributed by atoms with Crippen molar-refractivity contribution in [2.45, 2.75) is 32.4 Å². The predicted molar refractivity (Wildman–Crippen MR) is 68.5 cm³/mol. The van der Waals surface area contributed by atoms with Crippen LogP contribution in [0.4, 0.5) is 0 Å². The van der Waals surface area contributed by atoms with Crippen LogP contribution >= 0.6 is 15.9 Å². The van der Waals surface area contributed by atoms with Gasteiger partial charge in [-0.25, -0.2) is 0 Å². The van der Waals surface area contributed by atoms with E-state index in [0.717, 1.165) is 15.8 Å². The van der Waals surface area contributed by atoms with E-state index in [4.69, 9.17) is 10.5 Å². The van der Waals surface area contributed by atoms with Gasteiger partial charge in [0.25, 0.3) is 0 Å². The minimum Gasteiger partial charge on any atom is -0.491 e. The summed E-state index contributed by atoms with van der Waals surface area (Å²) < 4.78 is 6.51. The van der Waals surface area contributed by atoms with Gasteiger partial charge in [0.15, 0.2) is 0 Å². The average Bonchev–Trinajstić information content (AvgIpc) is 2.25. The molecule has 1 unspecified atom stereocenters. The van der Waals surface area contributed by atoms with Gasteiger partial charge in [0.2, 0.25) is 0 Å². The molecule has 0 aromatic heterocycles. The molecule has 0 heterocycles. The molecule has 2 atom stereocenters. The van der Waals surface area contributed by atoms with Crippen LogP contribution in [0, 0.1) is 0 Å². The minimum atomic E-state index is -0.431. The number of aliphatic hydroxyl groups is 1. The first kappa shape index (κ1) is 13.5. The number of ether oxygens (including phenoxy) is 1. The van der Waals surface area contributed by atoms with Gasteiger partial charge >= 0.3 is 0 Å². The normalized spacial score (nSPS) is 14.6. The summed E-state index contributed by atoms with van der Waals surface area (Å²) in [6.07, 6.45) is 0.251. The lowest BCUT2D eigenvalue weighted by atomic mass is 10.1. The SMILES string of the molecule is CCC(O)COc1cc(Br)ccc1[C@@H](C)N. The standard InChI is InChI=1S/C12H18BrNO2/c1-3-10(15)7-16-12-6-9(13)4-5-11(12)8(2)14/h4-6,8,10,15H,3,7,14H2,1-2H3/t8-,10?/m1/s1. The number of aliphatic hydroxyl groups excluding tert-OH is 1. The van der Waals surface area contributed by atoms with Gasteiger partial charge in [0.05, 0.1) is 6.10 Å². The Morgan fingerprint density at radius 2 is 2.19 bits per heavy atom. The van der Waals surface area contributed by atoms with Crippen LogP contribution in [-0.4, -0.2) is 17.8 Å². The second-order valence-electron chi connectivity index (χ2n) is 3.84. The van der Waals surface area contributed by atoms with Crippen LogP contribution in [0.3, 0.4) is 0 Å². The molecule has 16 heavy (non-hydrogen) atoms. The summed E-state index contributed by atoms with van der Waals surface area (Å²) in [5, 5.41) is 9.45. The summed E-state index contributed by atoms with van der Waals surface area (Å²) in [5.41, 5.74) is 6.80. The topological polar surface area (TPSA) is 55.5 Å². The van der Waals surface area contributed by atoms with E-state index in [1.54, 1.807) is 0 Å². The molecule has 0 aliphatic carbocycles. The molecule has 1 aromatic rings. The highest BCUT2D eigenvalue weighted by Gasteiger charge is 2.10. The Morgan fingerprint density at radius 1 is 1.50 bits per heavy atom. The van der Waals surface area contributed by atoms with Crippen molar-refractivity contribution in [1.82, 2.24) is 0 Å². The van der Waals surface area contributed by atoms with Crippen LogP contribution in [0.5, 0.6) is 5.75 Å². The van der Waals surface area contributed by atoms with Gasteiger partial charge < -0.3 is 15.6 Å². The zero-order valence-corrected chi connectivity index (χ0v) is 11.2. The second-order valence-corrected chi connectivity index (χ2v) is 4.76. The minimum absolute atomic E-state index is 0.0816. The first-order chi connectivity index (χ1) is 7.54. The Balaban J connectivity index is 2.80. The number of hydrogen-bond donors (Lipinski definition) is 2. The van der Waals surface area contributed by atoms with E-state index in [9.17, 15) is 5.11 Å². The smallest absolute Gasteiger partial charge is 0.125 e. The molecular weight excluding hydrogens is 270 g/mol. The zero-order valence-electron chi connectivity index (χ0n) is 9.61. The Kier molecular flexibility index (Phi) is 5.25. The summed E-state index contributed by atoms with van der Waals surface area (Å²) in [6.45, 7) is 4.13. The van der Waals surface area contributed by atoms with E-state index >= 15 is 0 Å². The van der Waals surface area contributed by atoms with Crippen LogP contribution < -0.4 is 10.5 Å². The van der Waals surface area contributed by atoms with Gasteiger partial charge in [-0.3, -0.25) is 0 Å². The summed E-state index contributed by atoms with van der Waals surface area (Å²) in [6, 6.07) is 5.66. The van der Waals surface area contributed by atoms with E-state index < -0.39 is 6.10 Å². The van der Waals surface area contributed by atoms with Crippen LogP contribution in [0.2, 0.25) is 0 Å². The second kappa shape index (κ2) is 6.23. The molecule has 0 spiro atoms. The highest BCUT2D eigenvalue weighted by Crippen LogP contribution is 2.27. The van der Waals surface area contributed by atoms with Gasteiger partial charge in [-0.15, -0.1) is 0 Å². The maximum absolute atomic E-state index is 9.45. The molecular formula is C12H18BrNO2. The number of benzene rings is 1. The lowest BCUT2D eigenvalue weighted by Gasteiger charge is -2.16. The van der Waals surface area contributed by atoms with Crippen molar-refractivity contribution < 1.29 is 9.84 Å². The Bertz CT molecular complexity index is 342. The Morgan fingerprint density at radius 3 is 2.75 bits per heavy atom. The molecule has 3 nitrogen and oxygen atoms in total. The molecule has 0 aliphatic heterocycles. The van der Waals surface area contributed by atoms with E-state index in [0.29, 0.717) is 13.0 Å². The van der Waals surface area contributed by atoms with Crippen LogP contribution in [0.15, 0.2) is 22.7 Å². The van der Waals surface area contributed by atoms with Crippen molar-refractivity contribution >= 4 is 15.9 Å². The Labute approximate surface area is 105 Å². The first-order valence-electron chi connectivity index (χ1n) is 5.40. The van der Waals surface area contributed by atoms with E-state index in [1.807, 2.05) is 32.0 Å². The summed E-state index contributed by atoms with van der Waals surface area (Å²) in [4.78, 5) is 0. The molecule has 90 valence electrons. The van der Waals surface area contributed by atoms with Crippen molar-refractivity contribution in [2.75, 3.05) is 6.61 Å². The van der Waals surface area contributed by atoms with Gasteiger partial charge in [0.1, 0.15) is 12.4 Å². The van der Waals surface area contributed by atoms with Crippen molar-refractivity contribution in [3.05, 3.63) is 28.2 Å². The fraction of sp³-hybridized carbons (Fsp3) is 0.500. The maximum atomic E-state index is 9.45. The molecule has 0 bridgehead atoms. The van der Waals surface area contributed by atoms with Crippen molar-refractivity contribution in [1.29, 1.82) is 0 Å². The largest absolute Gasteiger partial charge is 0.491 e. The van der Waals surface area contributed by atoms with E-state index in [2.05, 4.69) is 15.9 Å². The molecule has 4 heteroatoms. The van der Waals surface area contributed by atoms with Gasteiger partial charge in [-0.1, -0.05) is 28.9 Å². The van der Waals surface area contributed by atoms with Crippen LogP contribution in [0.1, 0.15) is 31.9 Å². The van der Waals surface area contributed by atoms with Gasteiger partial charge in [-0.2, -0.15) is 0 Å². The molecule has 0 radical (unpaired) electrons. The lowest BCUT2D eigenvalue weighted by molar-refractivity contribution is 0.103. The third-order valence-electron chi connectivity index (χ3n) is 2.37.